The first-order valence-electron chi connectivity index (χ1n) is 5.63. The molecule has 0 unspecified atom stereocenters. The van der Waals surface area contributed by atoms with E-state index >= 15 is 0 Å². The molecule has 10 heteroatoms. The first kappa shape index (κ1) is 18.1. The molecule has 2 N–H and O–H groups in total. The Morgan fingerprint density at radius 3 is 2.00 bits per heavy atom. The maximum Gasteiger partial charge on any atom is 0.416 e. The van der Waals surface area contributed by atoms with Gasteiger partial charge in [-0.1, -0.05) is 0 Å². The lowest BCUT2D eigenvalue weighted by molar-refractivity contribution is -0.145. The molecule has 0 heterocycles. The van der Waals surface area contributed by atoms with Gasteiger partial charge in [0.1, 0.15) is 11.8 Å². The van der Waals surface area contributed by atoms with Crippen LogP contribution in [0.15, 0.2) is 12.1 Å². The van der Waals surface area contributed by atoms with E-state index in [1.165, 1.54) is 0 Å². The number of hydrogen-bond donors (Lipinski definition) is 1. The molecule has 1 aromatic carbocycles. The second kappa shape index (κ2) is 6.03. The van der Waals surface area contributed by atoms with Crippen LogP contribution in [-0.2, 0) is 21.9 Å². The number of halogens is 6. The van der Waals surface area contributed by atoms with Gasteiger partial charge >= 0.3 is 18.3 Å². The second-order valence-electron chi connectivity index (χ2n) is 4.14. The van der Waals surface area contributed by atoms with Crippen LogP contribution in [0.1, 0.15) is 22.7 Å². The monoisotopic (exact) mass is 331 g/mol. The molecule has 1 atom stereocenters. The van der Waals surface area contributed by atoms with Crippen LogP contribution in [0.3, 0.4) is 0 Å². The van der Waals surface area contributed by atoms with Crippen LogP contribution in [0.4, 0.5) is 26.3 Å². The summed E-state index contributed by atoms with van der Waals surface area (Å²) in [5.41, 5.74) is 1.14. The summed E-state index contributed by atoms with van der Waals surface area (Å²) in [5.74, 6) is -2.05. The van der Waals surface area contributed by atoms with E-state index < -0.39 is 46.8 Å². The quantitative estimate of drug-likeness (QED) is 0.683. The molecule has 0 bridgehead atoms. The highest BCUT2D eigenvalue weighted by Crippen LogP contribution is 2.43. The third-order valence-electron chi connectivity index (χ3n) is 2.76. The Labute approximate surface area is 120 Å². The lowest BCUT2D eigenvalue weighted by Crippen LogP contribution is -2.27. The van der Waals surface area contributed by atoms with E-state index in [-0.39, 0.29) is 6.07 Å². The van der Waals surface area contributed by atoms with Gasteiger partial charge in [-0.15, -0.1) is 0 Å². The Morgan fingerprint density at radius 1 is 1.09 bits per heavy atom. The fourth-order valence-corrected chi connectivity index (χ4v) is 1.76. The minimum absolute atomic E-state index is 0.124. The van der Waals surface area contributed by atoms with Crippen molar-refractivity contribution >= 4 is 5.97 Å². The molecule has 0 aliphatic carbocycles. The molecule has 0 aliphatic rings. The first-order chi connectivity index (χ1) is 9.93. The van der Waals surface area contributed by atoms with Gasteiger partial charge in [0.2, 0.25) is 0 Å². The summed E-state index contributed by atoms with van der Waals surface area (Å²) in [6.45, 7) is 0. The Kier molecular flexibility index (Phi) is 4.96. The molecule has 0 saturated heterocycles. The van der Waals surface area contributed by atoms with Gasteiger partial charge in [-0.25, -0.2) is 0 Å². The molecule has 1 rings (SSSR count). The predicted octanol–water partition coefficient (Wildman–Crippen LogP) is 2.91. The number of esters is 1. The van der Waals surface area contributed by atoms with Gasteiger partial charge in [-0.05, 0) is 12.1 Å². The minimum Gasteiger partial charge on any atom is -0.496 e. The molecule has 22 heavy (non-hydrogen) atoms. The van der Waals surface area contributed by atoms with Crippen molar-refractivity contribution in [2.75, 3.05) is 14.2 Å². The van der Waals surface area contributed by atoms with Crippen molar-refractivity contribution in [3.63, 3.8) is 0 Å². The summed E-state index contributed by atoms with van der Waals surface area (Å²) in [7, 11) is 1.75. The molecule has 0 spiro atoms. The number of benzene rings is 1. The molecule has 0 aliphatic heterocycles. The smallest absolute Gasteiger partial charge is 0.416 e. The molecule has 124 valence electrons. The third kappa shape index (κ3) is 3.62. The Balaban J connectivity index is 3.70. The van der Waals surface area contributed by atoms with Gasteiger partial charge in [0.05, 0.1) is 25.3 Å². The fourth-order valence-electron chi connectivity index (χ4n) is 1.76. The van der Waals surface area contributed by atoms with Crippen LogP contribution in [0.5, 0.6) is 5.75 Å². The van der Waals surface area contributed by atoms with Crippen LogP contribution in [0, 0.1) is 0 Å². The summed E-state index contributed by atoms with van der Waals surface area (Å²) in [4.78, 5) is 11.3. The Hall–Kier alpha value is -1.97. The van der Waals surface area contributed by atoms with Gasteiger partial charge in [0.25, 0.3) is 0 Å². The summed E-state index contributed by atoms with van der Waals surface area (Å²) in [6, 6.07) is -1.73. The van der Waals surface area contributed by atoms with E-state index in [0.29, 0.717) is 6.07 Å². The molecule has 0 aromatic heterocycles. The number of rotatable bonds is 3. The lowest BCUT2D eigenvalue weighted by atomic mass is 9.96. The molecule has 0 radical (unpaired) electrons. The standard InChI is InChI=1S/C12H11F6NO3/c1-21-7-4-5(11(13,14)15)3-6(12(16,17)18)8(7)9(19)10(20)22-2/h3-4,9H,19H2,1-2H3/t9-/m1/s1. The maximum atomic E-state index is 13.0. The second-order valence-corrected chi connectivity index (χ2v) is 4.14. The van der Waals surface area contributed by atoms with E-state index in [1.807, 2.05) is 0 Å². The van der Waals surface area contributed by atoms with Gasteiger partial charge in [0, 0.05) is 5.56 Å². The summed E-state index contributed by atoms with van der Waals surface area (Å²) >= 11 is 0. The van der Waals surface area contributed by atoms with Gasteiger partial charge in [-0.3, -0.25) is 4.79 Å². The predicted molar refractivity (Wildman–Crippen MR) is 61.9 cm³/mol. The molecule has 1 aromatic rings. The number of alkyl halides is 6. The normalized spacial score (nSPS) is 13.7. The van der Waals surface area contributed by atoms with Crippen molar-refractivity contribution < 1.29 is 40.6 Å². The SMILES string of the molecule is COC(=O)[C@H](N)c1c(OC)cc(C(F)(F)F)cc1C(F)(F)F. The van der Waals surface area contributed by atoms with Crippen molar-refractivity contribution in [3.05, 3.63) is 28.8 Å². The average Bonchev–Trinajstić information content (AvgIpc) is 2.42. The molecule has 0 saturated carbocycles. The van der Waals surface area contributed by atoms with Gasteiger partial charge < -0.3 is 15.2 Å². The molecular formula is C12H11F6NO3. The van der Waals surface area contributed by atoms with Crippen LogP contribution >= 0.6 is 0 Å². The summed E-state index contributed by atoms with van der Waals surface area (Å²) in [5, 5.41) is 0. The van der Waals surface area contributed by atoms with E-state index in [0.717, 1.165) is 14.2 Å². The Morgan fingerprint density at radius 2 is 1.64 bits per heavy atom. The van der Waals surface area contributed by atoms with E-state index in [1.54, 1.807) is 0 Å². The number of carbonyl (C=O) groups excluding carboxylic acids is 1. The first-order valence-corrected chi connectivity index (χ1v) is 5.63. The largest absolute Gasteiger partial charge is 0.496 e. The van der Waals surface area contributed by atoms with Gasteiger partial charge in [-0.2, -0.15) is 26.3 Å². The van der Waals surface area contributed by atoms with Crippen LogP contribution in [0.2, 0.25) is 0 Å². The number of ether oxygens (including phenoxy) is 2. The van der Waals surface area contributed by atoms with Crippen LogP contribution in [-0.4, -0.2) is 20.2 Å². The zero-order valence-electron chi connectivity index (χ0n) is 11.3. The zero-order chi connectivity index (χ0) is 17.3. The highest BCUT2D eigenvalue weighted by atomic mass is 19.4. The van der Waals surface area contributed by atoms with Crippen molar-refractivity contribution in [1.29, 1.82) is 0 Å². The highest BCUT2D eigenvalue weighted by molar-refractivity contribution is 5.79. The molecule has 4 nitrogen and oxygen atoms in total. The van der Waals surface area contributed by atoms with Crippen molar-refractivity contribution in [2.45, 2.75) is 18.4 Å². The minimum atomic E-state index is -5.17. The number of carbonyl (C=O) groups is 1. The van der Waals surface area contributed by atoms with E-state index in [9.17, 15) is 31.1 Å². The molecule has 0 amide bonds. The van der Waals surface area contributed by atoms with Crippen molar-refractivity contribution in [3.8, 4) is 5.75 Å². The lowest BCUT2D eigenvalue weighted by Gasteiger charge is -2.21. The van der Waals surface area contributed by atoms with Crippen LogP contribution < -0.4 is 10.5 Å². The van der Waals surface area contributed by atoms with Gasteiger partial charge in [0.15, 0.2) is 0 Å². The zero-order valence-corrected chi connectivity index (χ0v) is 11.3. The number of hydrogen-bond acceptors (Lipinski definition) is 4. The molecule has 0 fully saturated rings. The van der Waals surface area contributed by atoms with E-state index in [2.05, 4.69) is 9.47 Å². The Bertz CT molecular complexity index is 567. The maximum absolute atomic E-state index is 13.0. The van der Waals surface area contributed by atoms with Crippen molar-refractivity contribution in [1.82, 2.24) is 0 Å². The topological polar surface area (TPSA) is 61.5 Å². The van der Waals surface area contributed by atoms with Crippen LogP contribution in [0.25, 0.3) is 0 Å². The van der Waals surface area contributed by atoms with E-state index in [4.69, 9.17) is 5.73 Å². The van der Waals surface area contributed by atoms with Crippen molar-refractivity contribution in [2.24, 2.45) is 5.73 Å². The summed E-state index contributed by atoms with van der Waals surface area (Å²) < 4.78 is 85.9. The third-order valence-corrected chi connectivity index (χ3v) is 2.76. The molecular weight excluding hydrogens is 320 g/mol. The highest BCUT2D eigenvalue weighted by Gasteiger charge is 2.42. The number of methoxy groups -OCH3 is 2. The summed E-state index contributed by atoms with van der Waals surface area (Å²) in [6.07, 6.45) is -10.2. The average molecular weight is 331 g/mol. The number of nitrogens with two attached hydrogens (primary N) is 1. The fraction of sp³-hybridized carbons (Fsp3) is 0.417.